The summed E-state index contributed by atoms with van der Waals surface area (Å²) in [7, 11) is -5.00. The third-order valence-electron chi connectivity index (χ3n) is 9.16. The van der Waals surface area contributed by atoms with E-state index < -0.39 is 88.1 Å². The molecule has 2 unspecified atom stereocenters. The molecule has 21 nitrogen and oxygen atoms in total. The molecule has 3 aliphatic heterocycles. The van der Waals surface area contributed by atoms with Crippen LogP contribution in [0.4, 0.5) is 10.2 Å². The molecule has 2 aromatic carbocycles. The molecule has 0 amide bonds. The van der Waals surface area contributed by atoms with Gasteiger partial charge in [0.05, 0.1) is 31.2 Å². The van der Waals surface area contributed by atoms with E-state index in [-0.39, 0.29) is 46.2 Å². The monoisotopic (exact) mass is 863 g/mol. The van der Waals surface area contributed by atoms with Crippen LogP contribution in [0.15, 0.2) is 83.0 Å². The second-order valence-corrected chi connectivity index (χ2v) is 18.5. The summed E-state index contributed by atoms with van der Waals surface area (Å²) in [6.07, 6.45) is -7.35. The number of ether oxygens (including phenoxy) is 3. The van der Waals surface area contributed by atoms with Crippen LogP contribution in [0.5, 0.6) is 11.5 Å². The van der Waals surface area contributed by atoms with Crippen molar-refractivity contribution in [3.63, 3.8) is 0 Å². The van der Waals surface area contributed by atoms with Gasteiger partial charge in [-0.15, -0.1) is 0 Å². The number of phosphoric ester groups is 1. The number of anilines is 1. The molecule has 3 fully saturated rings. The number of phosphoric acid groups is 1. The zero-order valence-electron chi connectivity index (χ0n) is 29.6. The normalized spacial score (nSPS) is 30.2. The fourth-order valence-electron chi connectivity index (χ4n) is 6.39. The SMILES string of the molecule is Nc1ncnc2c1ncn2[C@@H]1O[C@@H]2COP(=O)(SCc3ccc(OC(=O)c4ccc(O)cc4)cc3)O[C@H]3[C@@H](F)[C@H](n4ccc(=O)[nH]c4=O)O[C@@H]3COP(=O)(O)O[C@@H]1C2. The molecule has 0 spiro atoms. The number of phenols is 1. The Hall–Kier alpha value is -4.80. The molecule has 58 heavy (non-hydrogen) atoms. The highest BCUT2D eigenvalue weighted by molar-refractivity contribution is 8.54. The molecule has 0 radical (unpaired) electrons. The number of nitrogen functional groups attached to an aromatic ring is 1. The van der Waals surface area contributed by atoms with Gasteiger partial charge in [-0.05, 0) is 53.3 Å². The zero-order valence-corrected chi connectivity index (χ0v) is 32.2. The number of fused-ring (bicyclic) bond motifs is 4. The number of hydrogen-bond donors (Lipinski definition) is 4. The molecule has 0 saturated carbocycles. The van der Waals surface area contributed by atoms with Crippen molar-refractivity contribution in [1.29, 1.82) is 0 Å². The van der Waals surface area contributed by atoms with E-state index in [1.165, 1.54) is 53.6 Å². The Bertz CT molecular complexity index is 2540. The number of hydrogen-bond acceptors (Lipinski definition) is 18. The number of alkyl halides is 1. The number of imidazole rings is 1. The summed E-state index contributed by atoms with van der Waals surface area (Å²) in [5.41, 5.74) is 5.36. The van der Waals surface area contributed by atoms with Gasteiger partial charge in [0.1, 0.15) is 41.7 Å². The number of aromatic hydroxyl groups is 1. The van der Waals surface area contributed by atoms with Gasteiger partial charge in [-0.1, -0.05) is 12.1 Å². The molecule has 3 aromatic heterocycles. The van der Waals surface area contributed by atoms with Gasteiger partial charge in [-0.3, -0.25) is 37.0 Å². The predicted molar refractivity (Wildman–Crippen MR) is 198 cm³/mol. The Morgan fingerprint density at radius 2 is 1.74 bits per heavy atom. The number of H-pyrrole nitrogens is 1. The van der Waals surface area contributed by atoms with Crippen LogP contribution in [-0.4, -0.2) is 88.8 Å². The van der Waals surface area contributed by atoms with Crippen molar-refractivity contribution in [3.8, 4) is 11.5 Å². The maximum Gasteiger partial charge on any atom is 0.472 e. The van der Waals surface area contributed by atoms with E-state index >= 15 is 4.39 Å². The van der Waals surface area contributed by atoms with Crippen LogP contribution in [0.25, 0.3) is 11.2 Å². The third-order valence-corrected chi connectivity index (χ3v) is 13.8. The molecular formula is C33H32FN7O14P2S. The predicted octanol–water partition coefficient (Wildman–Crippen LogP) is 3.37. The molecule has 25 heteroatoms. The number of esters is 1. The highest BCUT2D eigenvalue weighted by Crippen LogP contribution is 2.64. The fourth-order valence-corrected chi connectivity index (χ4v) is 10.7. The fraction of sp³-hybridized carbons (Fsp3) is 0.333. The van der Waals surface area contributed by atoms with Crippen LogP contribution in [0, 0.1) is 0 Å². The maximum atomic E-state index is 16.4. The number of aromatic amines is 1. The first kappa shape index (κ1) is 40.0. The van der Waals surface area contributed by atoms with Gasteiger partial charge >= 0.3 is 26.3 Å². The summed E-state index contributed by atoms with van der Waals surface area (Å²) in [6.45, 7) is -5.79. The quantitative estimate of drug-likeness (QED) is 0.104. The average Bonchev–Trinajstić information content (AvgIpc) is 3.88. The topological polar surface area (TPSA) is 281 Å². The summed E-state index contributed by atoms with van der Waals surface area (Å²) >= 11 is 0.671. The first-order valence-electron chi connectivity index (χ1n) is 17.3. The van der Waals surface area contributed by atoms with Crippen LogP contribution in [0.2, 0.25) is 0 Å². The van der Waals surface area contributed by atoms with Crippen molar-refractivity contribution in [2.75, 3.05) is 18.9 Å². The molecule has 0 aliphatic carbocycles. The number of carbonyl (C=O) groups is 1. The van der Waals surface area contributed by atoms with E-state index in [9.17, 15) is 33.5 Å². The van der Waals surface area contributed by atoms with Gasteiger partial charge in [0.25, 0.3) is 5.56 Å². The molecule has 2 bridgehead atoms. The summed E-state index contributed by atoms with van der Waals surface area (Å²) in [6, 6.07) is 12.6. The third kappa shape index (κ3) is 8.50. The Morgan fingerprint density at radius 3 is 2.50 bits per heavy atom. The Morgan fingerprint density at radius 1 is 0.966 bits per heavy atom. The van der Waals surface area contributed by atoms with Gasteiger partial charge in [0.2, 0.25) is 0 Å². The minimum atomic E-state index is -5.00. The molecule has 5 N–H and O–H groups in total. The lowest BCUT2D eigenvalue weighted by Crippen LogP contribution is -2.36. The lowest BCUT2D eigenvalue weighted by atomic mass is 10.1. The first-order valence-corrected chi connectivity index (χ1v) is 21.9. The van der Waals surface area contributed by atoms with E-state index in [0.29, 0.717) is 16.9 Å². The van der Waals surface area contributed by atoms with Gasteiger partial charge in [-0.25, -0.2) is 38.1 Å². The van der Waals surface area contributed by atoms with Crippen molar-refractivity contribution < 1.29 is 60.6 Å². The van der Waals surface area contributed by atoms with E-state index in [1.807, 2.05) is 4.98 Å². The van der Waals surface area contributed by atoms with Crippen molar-refractivity contribution in [1.82, 2.24) is 29.1 Å². The molecular weight excluding hydrogens is 831 g/mol. The molecule has 306 valence electrons. The largest absolute Gasteiger partial charge is 0.508 e. The summed E-state index contributed by atoms with van der Waals surface area (Å²) < 4.78 is 86.8. The lowest BCUT2D eigenvalue weighted by molar-refractivity contribution is -0.0640. The lowest BCUT2D eigenvalue weighted by Gasteiger charge is -2.27. The summed E-state index contributed by atoms with van der Waals surface area (Å²) in [5, 5.41) is 9.49. The average molecular weight is 864 g/mol. The number of phenolic OH excluding ortho intramolecular Hbond substituents is 1. The van der Waals surface area contributed by atoms with E-state index in [1.54, 1.807) is 12.1 Å². The van der Waals surface area contributed by atoms with Crippen LogP contribution in [0.3, 0.4) is 0 Å². The highest BCUT2D eigenvalue weighted by atomic mass is 32.7. The standard InChI is InChI=1S/C33H32FN7O14P2S/c34-25-27-23(53-31(25)40-10-9-24(43)39-33(40)45)13-49-56(46,47)54-22-11-21(51-30(22)41-16-38-26-28(35)36-15-37-29(26)41)12-50-57(48,55-27)58-14-17-1-7-20(8-2-17)52-32(44)18-3-5-19(42)6-4-18/h1-10,15-16,21-23,25,27,30-31,42H,11-14H2,(H,46,47)(H2,35,36,37)(H,39,43,45)/t21-,22+,23+,25+,27+,30+,31+,57?/m0/s1. The van der Waals surface area contributed by atoms with Crippen molar-refractivity contribution in [2.24, 2.45) is 0 Å². The van der Waals surface area contributed by atoms with Crippen molar-refractivity contribution in [2.45, 2.75) is 55.2 Å². The van der Waals surface area contributed by atoms with Crippen LogP contribution in [-0.2, 0) is 42.5 Å². The van der Waals surface area contributed by atoms with E-state index in [2.05, 4.69) is 15.0 Å². The number of carbonyl (C=O) groups excluding carboxylic acids is 1. The molecule has 3 aliphatic rings. The second kappa shape index (κ2) is 16.1. The van der Waals surface area contributed by atoms with Gasteiger partial charge in [-0.2, -0.15) is 0 Å². The van der Waals surface area contributed by atoms with Gasteiger partial charge in [0, 0.05) is 24.4 Å². The smallest absolute Gasteiger partial charge is 0.472 e. The van der Waals surface area contributed by atoms with Crippen molar-refractivity contribution >= 4 is 49.0 Å². The Labute approximate surface area is 329 Å². The maximum absolute atomic E-state index is 16.4. The number of rotatable bonds is 7. The van der Waals surface area contributed by atoms with E-state index in [0.717, 1.165) is 16.8 Å². The molecule has 5 aromatic rings. The number of nitrogens with zero attached hydrogens (tertiary/aromatic N) is 5. The van der Waals surface area contributed by atoms with Gasteiger partial charge < -0.3 is 29.9 Å². The molecule has 3 saturated heterocycles. The number of nitrogens with two attached hydrogens (primary N) is 1. The highest BCUT2D eigenvalue weighted by Gasteiger charge is 2.53. The van der Waals surface area contributed by atoms with Gasteiger partial charge in [0.15, 0.2) is 30.1 Å². The van der Waals surface area contributed by atoms with E-state index in [4.69, 9.17) is 38.0 Å². The first-order chi connectivity index (χ1) is 27.7. The number of nitrogens with one attached hydrogen (secondary N) is 1. The minimum absolute atomic E-state index is 0.0170. The number of benzene rings is 2. The number of halogens is 1. The van der Waals surface area contributed by atoms with Crippen LogP contribution >= 0.6 is 26.0 Å². The minimum Gasteiger partial charge on any atom is -0.508 e. The van der Waals surface area contributed by atoms with Crippen molar-refractivity contribution in [3.05, 3.63) is 105 Å². The second-order valence-electron chi connectivity index (χ2n) is 13.1. The Balaban J connectivity index is 1.06. The molecule has 6 heterocycles. The van der Waals surface area contributed by atoms with Crippen LogP contribution in [0.1, 0.15) is 34.8 Å². The number of aromatic nitrogens is 6. The summed E-state index contributed by atoms with van der Waals surface area (Å²) in [5.74, 6) is -0.480. The Kier molecular flexibility index (Phi) is 11.1. The zero-order chi connectivity index (χ0) is 40.8. The molecule has 8 rings (SSSR count). The summed E-state index contributed by atoms with van der Waals surface area (Å²) in [4.78, 5) is 62.2. The van der Waals surface area contributed by atoms with Crippen LogP contribution < -0.4 is 21.7 Å². The molecule has 9 atom stereocenters.